The Balaban J connectivity index is 1.49. The lowest BCUT2D eigenvalue weighted by molar-refractivity contribution is -0.120. The number of nitrogens with zero attached hydrogens (tertiary/aromatic N) is 5. The number of hydrogen-bond donors (Lipinski definition) is 1. The maximum absolute atomic E-state index is 12.6. The first-order valence-corrected chi connectivity index (χ1v) is 11.1. The SMILES string of the molecule is Cn1cncc1-c1cnc2cnc(NC(=O)C3CCN(S(C)(=O)=O)CC3)cc2c1. The van der Waals surface area contributed by atoms with Gasteiger partial charge in [-0.3, -0.25) is 9.78 Å². The number of amides is 1. The van der Waals surface area contributed by atoms with Crippen molar-refractivity contribution in [3.63, 3.8) is 0 Å². The van der Waals surface area contributed by atoms with E-state index in [9.17, 15) is 13.2 Å². The number of carbonyl (C=O) groups is 1. The fourth-order valence-corrected chi connectivity index (χ4v) is 4.43. The highest BCUT2D eigenvalue weighted by Crippen LogP contribution is 2.24. The number of piperidine rings is 1. The molecule has 1 N–H and O–H groups in total. The largest absolute Gasteiger partial charge is 0.334 e. The van der Waals surface area contributed by atoms with Crippen molar-refractivity contribution in [2.45, 2.75) is 12.8 Å². The van der Waals surface area contributed by atoms with E-state index in [0.29, 0.717) is 31.7 Å². The van der Waals surface area contributed by atoms with Crippen LogP contribution in [-0.4, -0.2) is 57.5 Å². The van der Waals surface area contributed by atoms with Gasteiger partial charge in [0.25, 0.3) is 0 Å². The lowest BCUT2D eigenvalue weighted by Gasteiger charge is -2.29. The van der Waals surface area contributed by atoms with Crippen LogP contribution in [0.15, 0.2) is 37.1 Å². The first kappa shape index (κ1) is 19.5. The summed E-state index contributed by atoms with van der Waals surface area (Å²) in [6.45, 7) is 0.722. The van der Waals surface area contributed by atoms with Gasteiger partial charge in [0.2, 0.25) is 15.9 Å². The summed E-state index contributed by atoms with van der Waals surface area (Å²) in [6.07, 6.45) is 9.10. The maximum atomic E-state index is 12.6. The van der Waals surface area contributed by atoms with Gasteiger partial charge in [-0.2, -0.15) is 0 Å². The van der Waals surface area contributed by atoms with Crippen LogP contribution < -0.4 is 5.32 Å². The third-order valence-corrected chi connectivity index (χ3v) is 6.53. The first-order chi connectivity index (χ1) is 13.8. The number of aryl methyl sites for hydroxylation is 1. The monoisotopic (exact) mass is 414 g/mol. The van der Waals surface area contributed by atoms with E-state index in [1.54, 1.807) is 31.0 Å². The Hall–Kier alpha value is -2.85. The molecule has 29 heavy (non-hydrogen) atoms. The first-order valence-electron chi connectivity index (χ1n) is 9.30. The van der Waals surface area contributed by atoms with E-state index in [2.05, 4.69) is 20.3 Å². The zero-order chi connectivity index (χ0) is 20.6. The highest BCUT2D eigenvalue weighted by molar-refractivity contribution is 7.88. The number of fused-ring (bicyclic) bond motifs is 1. The number of rotatable bonds is 4. The Bertz CT molecular complexity index is 1170. The minimum Gasteiger partial charge on any atom is -0.334 e. The fraction of sp³-hybridized carbons (Fsp3) is 0.368. The second kappa shape index (κ2) is 7.53. The quantitative estimate of drug-likeness (QED) is 0.695. The van der Waals surface area contributed by atoms with E-state index >= 15 is 0 Å². The Morgan fingerprint density at radius 1 is 1.14 bits per heavy atom. The van der Waals surface area contributed by atoms with Gasteiger partial charge in [-0.05, 0) is 25.0 Å². The molecule has 10 heteroatoms. The molecule has 1 amide bonds. The normalized spacial score (nSPS) is 16.2. The van der Waals surface area contributed by atoms with E-state index in [1.165, 1.54) is 10.6 Å². The molecule has 3 aromatic heterocycles. The van der Waals surface area contributed by atoms with Crippen LogP contribution >= 0.6 is 0 Å². The summed E-state index contributed by atoms with van der Waals surface area (Å²) >= 11 is 0. The van der Waals surface area contributed by atoms with Gasteiger partial charge in [0.1, 0.15) is 5.82 Å². The molecule has 4 heterocycles. The van der Waals surface area contributed by atoms with Crippen molar-refractivity contribution in [3.05, 3.63) is 37.1 Å². The number of pyridine rings is 2. The Labute approximate surface area is 168 Å². The molecule has 0 atom stereocenters. The maximum Gasteiger partial charge on any atom is 0.228 e. The van der Waals surface area contributed by atoms with Crippen LogP contribution in [0.2, 0.25) is 0 Å². The molecule has 0 radical (unpaired) electrons. The van der Waals surface area contributed by atoms with E-state index < -0.39 is 10.0 Å². The van der Waals surface area contributed by atoms with Gasteiger partial charge in [-0.15, -0.1) is 0 Å². The second-order valence-corrected chi connectivity index (χ2v) is 9.28. The van der Waals surface area contributed by atoms with Crippen molar-refractivity contribution < 1.29 is 13.2 Å². The number of nitrogens with one attached hydrogen (secondary N) is 1. The summed E-state index contributed by atoms with van der Waals surface area (Å²) in [7, 11) is -1.29. The smallest absolute Gasteiger partial charge is 0.228 e. The topological polar surface area (TPSA) is 110 Å². The zero-order valence-electron chi connectivity index (χ0n) is 16.2. The van der Waals surface area contributed by atoms with Gasteiger partial charge in [-0.1, -0.05) is 0 Å². The van der Waals surface area contributed by atoms with Crippen molar-refractivity contribution in [1.29, 1.82) is 0 Å². The van der Waals surface area contributed by atoms with Crippen molar-refractivity contribution in [2.75, 3.05) is 24.7 Å². The number of sulfonamides is 1. The zero-order valence-corrected chi connectivity index (χ0v) is 17.1. The molecule has 0 unspecified atom stereocenters. The molecule has 0 aromatic carbocycles. The number of anilines is 1. The molecule has 3 aromatic rings. The summed E-state index contributed by atoms with van der Waals surface area (Å²) in [6, 6.07) is 3.78. The molecule has 1 aliphatic rings. The third-order valence-electron chi connectivity index (χ3n) is 5.23. The van der Waals surface area contributed by atoms with Crippen molar-refractivity contribution >= 4 is 32.7 Å². The molecule has 0 aliphatic carbocycles. The summed E-state index contributed by atoms with van der Waals surface area (Å²) in [5.74, 6) is 0.0853. The van der Waals surface area contributed by atoms with E-state index in [0.717, 1.165) is 22.2 Å². The predicted octanol–water partition coefficient (Wildman–Crippen LogP) is 1.64. The van der Waals surface area contributed by atoms with Crippen LogP contribution in [0.25, 0.3) is 22.2 Å². The molecule has 0 bridgehead atoms. The average Bonchev–Trinajstić information content (AvgIpc) is 3.13. The summed E-state index contributed by atoms with van der Waals surface area (Å²) < 4.78 is 26.6. The number of imidazole rings is 1. The van der Waals surface area contributed by atoms with Crippen LogP contribution in [0.5, 0.6) is 0 Å². The Morgan fingerprint density at radius 2 is 1.90 bits per heavy atom. The molecule has 152 valence electrons. The van der Waals surface area contributed by atoms with Crippen molar-refractivity contribution in [1.82, 2.24) is 23.8 Å². The van der Waals surface area contributed by atoms with Crippen LogP contribution in [-0.2, 0) is 21.9 Å². The highest BCUT2D eigenvalue weighted by atomic mass is 32.2. The molecular weight excluding hydrogens is 392 g/mol. The third kappa shape index (κ3) is 4.13. The number of hydrogen-bond acceptors (Lipinski definition) is 6. The number of aromatic nitrogens is 4. The molecule has 1 saturated heterocycles. The highest BCUT2D eigenvalue weighted by Gasteiger charge is 2.29. The van der Waals surface area contributed by atoms with Crippen LogP contribution in [0.4, 0.5) is 5.82 Å². The summed E-state index contributed by atoms with van der Waals surface area (Å²) in [4.78, 5) is 25.5. The van der Waals surface area contributed by atoms with E-state index in [-0.39, 0.29) is 11.8 Å². The van der Waals surface area contributed by atoms with Crippen LogP contribution in [0.1, 0.15) is 12.8 Å². The molecule has 0 saturated carbocycles. The Kier molecular flexibility index (Phi) is 5.05. The van der Waals surface area contributed by atoms with Gasteiger partial charge in [-0.25, -0.2) is 22.7 Å². The van der Waals surface area contributed by atoms with E-state index in [4.69, 9.17) is 0 Å². The lowest BCUT2D eigenvalue weighted by Crippen LogP contribution is -2.40. The molecule has 0 spiro atoms. The van der Waals surface area contributed by atoms with Gasteiger partial charge in [0.05, 0.1) is 36.2 Å². The van der Waals surface area contributed by atoms with Gasteiger partial charge < -0.3 is 9.88 Å². The lowest BCUT2D eigenvalue weighted by atomic mass is 9.97. The standard InChI is InChI=1S/C19H22N6O3S/c1-24-12-20-11-17(24)15-7-14-8-18(22-10-16(14)21-9-15)23-19(26)13-3-5-25(6-4-13)29(2,27)28/h7-13H,3-6H2,1-2H3,(H,22,23,26). The molecular formula is C19H22N6O3S. The van der Waals surface area contributed by atoms with Gasteiger partial charge in [0.15, 0.2) is 0 Å². The average molecular weight is 414 g/mol. The second-order valence-electron chi connectivity index (χ2n) is 7.30. The fourth-order valence-electron chi connectivity index (χ4n) is 3.55. The van der Waals surface area contributed by atoms with Crippen molar-refractivity contribution in [2.24, 2.45) is 13.0 Å². The van der Waals surface area contributed by atoms with Gasteiger partial charge >= 0.3 is 0 Å². The predicted molar refractivity (Wildman–Crippen MR) is 110 cm³/mol. The summed E-state index contributed by atoms with van der Waals surface area (Å²) in [5, 5.41) is 3.72. The number of carbonyl (C=O) groups excluding carboxylic acids is 1. The molecule has 4 rings (SSSR count). The van der Waals surface area contributed by atoms with Crippen LogP contribution in [0, 0.1) is 5.92 Å². The van der Waals surface area contributed by atoms with Crippen molar-refractivity contribution in [3.8, 4) is 11.3 Å². The van der Waals surface area contributed by atoms with Gasteiger partial charge in [0, 0.05) is 43.2 Å². The van der Waals surface area contributed by atoms with E-state index in [1.807, 2.05) is 17.7 Å². The minimum absolute atomic E-state index is 0.138. The molecule has 1 fully saturated rings. The molecule has 9 nitrogen and oxygen atoms in total. The Morgan fingerprint density at radius 3 is 2.55 bits per heavy atom. The van der Waals surface area contributed by atoms with Crippen LogP contribution in [0.3, 0.4) is 0 Å². The molecule has 1 aliphatic heterocycles. The summed E-state index contributed by atoms with van der Waals surface area (Å²) in [5.41, 5.74) is 2.60. The minimum atomic E-state index is -3.21.